The number of rotatable bonds is 2. The Kier molecular flexibility index (Phi) is 4.03. The molecular weight excluding hydrogens is 392 g/mol. The molecule has 2 heterocycles. The van der Waals surface area contributed by atoms with Crippen LogP contribution in [0, 0.1) is 0 Å². The van der Waals surface area contributed by atoms with Crippen molar-refractivity contribution in [2.45, 2.75) is 26.2 Å². The maximum absolute atomic E-state index is 6.01. The van der Waals surface area contributed by atoms with E-state index in [1.54, 1.807) is 0 Å². The zero-order valence-corrected chi connectivity index (χ0v) is 18.5. The summed E-state index contributed by atoms with van der Waals surface area (Å²) in [5.41, 5.74) is 6.45. The van der Waals surface area contributed by atoms with Crippen molar-refractivity contribution in [2.75, 3.05) is 0 Å². The van der Waals surface area contributed by atoms with Crippen molar-refractivity contribution in [3.05, 3.63) is 96.8 Å². The van der Waals surface area contributed by atoms with E-state index in [1.807, 2.05) is 12.3 Å². The smallest absolute Gasteiger partial charge is 0.149 e. The van der Waals surface area contributed by atoms with Crippen LogP contribution in [0.5, 0.6) is 0 Å². The van der Waals surface area contributed by atoms with Gasteiger partial charge in [-0.15, -0.1) is 0 Å². The van der Waals surface area contributed by atoms with E-state index in [4.69, 9.17) is 9.40 Å². The Labute approximate surface area is 186 Å². The summed E-state index contributed by atoms with van der Waals surface area (Å²) in [7, 11) is 0. The van der Waals surface area contributed by atoms with Gasteiger partial charge in [-0.2, -0.15) is 0 Å². The van der Waals surface area contributed by atoms with E-state index in [0.717, 1.165) is 39.1 Å². The van der Waals surface area contributed by atoms with Crippen LogP contribution >= 0.6 is 0 Å². The van der Waals surface area contributed by atoms with Crippen LogP contribution in [-0.4, -0.2) is 9.55 Å². The number of nitrogens with zero attached hydrogens (tertiary/aromatic N) is 2. The van der Waals surface area contributed by atoms with Crippen molar-refractivity contribution < 1.29 is 4.42 Å². The lowest BCUT2D eigenvalue weighted by molar-refractivity contribution is 0.590. The summed E-state index contributed by atoms with van der Waals surface area (Å²) < 4.78 is 8.25. The van der Waals surface area contributed by atoms with E-state index in [1.165, 1.54) is 16.3 Å². The molecule has 156 valence electrons. The number of hydrogen-bond acceptors (Lipinski definition) is 2. The molecule has 3 nitrogen and oxygen atoms in total. The quantitative estimate of drug-likeness (QED) is 0.287. The summed E-state index contributed by atoms with van der Waals surface area (Å²) in [6.07, 6.45) is 1.84. The zero-order chi connectivity index (χ0) is 21.9. The van der Waals surface area contributed by atoms with Gasteiger partial charge in [0, 0.05) is 11.1 Å². The maximum atomic E-state index is 6.01. The van der Waals surface area contributed by atoms with Crippen molar-refractivity contribution in [1.29, 1.82) is 0 Å². The Morgan fingerprint density at radius 2 is 1.47 bits per heavy atom. The lowest BCUT2D eigenvalue weighted by Gasteiger charge is -2.19. The van der Waals surface area contributed by atoms with E-state index in [9.17, 15) is 0 Å². The van der Waals surface area contributed by atoms with Crippen LogP contribution < -0.4 is 0 Å². The van der Waals surface area contributed by atoms with Gasteiger partial charge in [0.05, 0.1) is 16.6 Å². The molecule has 0 saturated heterocycles. The molecule has 6 rings (SSSR count). The highest BCUT2D eigenvalue weighted by atomic mass is 16.3. The van der Waals surface area contributed by atoms with Crippen molar-refractivity contribution in [3.63, 3.8) is 0 Å². The fraction of sp³-hybridized carbons (Fsp3) is 0.138. The molecule has 3 heteroatoms. The van der Waals surface area contributed by atoms with Gasteiger partial charge in [0.2, 0.25) is 0 Å². The minimum Gasteiger partial charge on any atom is -0.464 e. The minimum absolute atomic E-state index is 0.111. The van der Waals surface area contributed by atoms with Gasteiger partial charge in [-0.05, 0) is 58.1 Å². The average molecular weight is 417 g/mol. The van der Waals surface area contributed by atoms with Crippen molar-refractivity contribution in [2.24, 2.45) is 0 Å². The Morgan fingerprint density at radius 3 is 2.22 bits per heavy atom. The first kappa shape index (κ1) is 18.9. The lowest BCUT2D eigenvalue weighted by Crippen LogP contribution is -2.11. The number of hydrogen-bond donors (Lipinski definition) is 0. The highest BCUT2D eigenvalue weighted by Crippen LogP contribution is 2.36. The molecule has 0 amide bonds. The Balaban J connectivity index is 1.62. The van der Waals surface area contributed by atoms with Gasteiger partial charge >= 0.3 is 0 Å². The van der Waals surface area contributed by atoms with Gasteiger partial charge in [-0.25, -0.2) is 4.98 Å². The third-order valence-corrected chi connectivity index (χ3v) is 6.24. The predicted molar refractivity (Wildman–Crippen MR) is 132 cm³/mol. The second-order valence-electron chi connectivity index (χ2n) is 9.40. The number of aromatic nitrogens is 2. The van der Waals surface area contributed by atoms with Gasteiger partial charge in [0.1, 0.15) is 17.7 Å². The van der Waals surface area contributed by atoms with Crippen LogP contribution in [0.15, 0.2) is 95.6 Å². The molecule has 0 N–H and O–H groups in total. The number of imidazole rings is 1. The molecule has 0 unspecified atom stereocenters. The summed E-state index contributed by atoms with van der Waals surface area (Å²) >= 11 is 0. The summed E-state index contributed by atoms with van der Waals surface area (Å²) in [5, 5.41) is 3.44. The minimum atomic E-state index is 0.111. The fourth-order valence-electron chi connectivity index (χ4n) is 4.46. The highest BCUT2D eigenvalue weighted by Gasteiger charge is 2.20. The van der Waals surface area contributed by atoms with Crippen LogP contribution in [0.1, 0.15) is 26.3 Å². The van der Waals surface area contributed by atoms with Gasteiger partial charge in [-0.3, -0.25) is 4.57 Å². The average Bonchev–Trinajstić information content (AvgIpc) is 3.37. The standard InChI is InChI=1S/C29H24N2O/c1-29(2,3)21-12-14-22(15-13-21)31-26-11-7-6-10-25(26)30-28(31)24-18-32-27-17-20-9-5-4-8-19(20)16-23(24)27/h4-18H,1-3H3. The molecule has 0 aliphatic rings. The Bertz CT molecular complexity index is 1590. The van der Waals surface area contributed by atoms with Gasteiger partial charge in [0.25, 0.3) is 0 Å². The first-order valence-electron chi connectivity index (χ1n) is 11.0. The normalized spacial score (nSPS) is 12.2. The molecule has 0 spiro atoms. The highest BCUT2D eigenvalue weighted by molar-refractivity contribution is 6.03. The summed E-state index contributed by atoms with van der Waals surface area (Å²) in [4.78, 5) is 5.04. The van der Waals surface area contributed by atoms with Crippen LogP contribution in [0.4, 0.5) is 0 Å². The molecule has 0 radical (unpaired) electrons. The molecule has 0 atom stereocenters. The third-order valence-electron chi connectivity index (χ3n) is 6.24. The number of benzene rings is 4. The summed E-state index contributed by atoms with van der Waals surface area (Å²) in [6, 6.07) is 29.8. The topological polar surface area (TPSA) is 31.0 Å². The van der Waals surface area contributed by atoms with E-state index < -0.39 is 0 Å². The summed E-state index contributed by atoms with van der Waals surface area (Å²) in [5.74, 6) is 0.892. The monoisotopic (exact) mass is 416 g/mol. The molecule has 32 heavy (non-hydrogen) atoms. The second-order valence-corrected chi connectivity index (χ2v) is 9.40. The second kappa shape index (κ2) is 6.83. The maximum Gasteiger partial charge on any atom is 0.149 e. The lowest BCUT2D eigenvalue weighted by atomic mass is 9.87. The zero-order valence-electron chi connectivity index (χ0n) is 18.5. The van der Waals surface area contributed by atoms with Crippen LogP contribution in [0.25, 0.3) is 49.9 Å². The van der Waals surface area contributed by atoms with Crippen molar-refractivity contribution in [3.8, 4) is 17.1 Å². The molecule has 0 bridgehead atoms. The Hall–Kier alpha value is -3.85. The number of para-hydroxylation sites is 2. The molecule has 0 fully saturated rings. The summed E-state index contributed by atoms with van der Waals surface area (Å²) in [6.45, 7) is 6.71. The van der Waals surface area contributed by atoms with Crippen LogP contribution in [-0.2, 0) is 5.41 Å². The molecule has 0 saturated carbocycles. The third kappa shape index (κ3) is 2.93. The first-order valence-corrected chi connectivity index (χ1v) is 11.0. The largest absolute Gasteiger partial charge is 0.464 e. The van der Waals surface area contributed by atoms with Crippen molar-refractivity contribution >= 4 is 32.8 Å². The van der Waals surface area contributed by atoms with Gasteiger partial charge in [0.15, 0.2) is 0 Å². The SMILES string of the molecule is CC(C)(C)c1ccc(-n2c(-c3coc4cc5ccccc5cc34)nc3ccccc32)cc1. The van der Waals surface area contributed by atoms with E-state index in [-0.39, 0.29) is 5.41 Å². The molecule has 4 aromatic carbocycles. The molecule has 0 aliphatic heterocycles. The van der Waals surface area contributed by atoms with Crippen LogP contribution in [0.2, 0.25) is 0 Å². The molecular formula is C29H24N2O. The number of fused-ring (bicyclic) bond motifs is 3. The van der Waals surface area contributed by atoms with E-state index in [2.05, 4.69) is 104 Å². The number of furan rings is 1. The van der Waals surface area contributed by atoms with Gasteiger partial charge < -0.3 is 4.42 Å². The van der Waals surface area contributed by atoms with E-state index >= 15 is 0 Å². The molecule has 6 aromatic rings. The Morgan fingerprint density at radius 1 is 0.781 bits per heavy atom. The molecule has 2 aromatic heterocycles. The van der Waals surface area contributed by atoms with Crippen molar-refractivity contribution in [1.82, 2.24) is 9.55 Å². The molecule has 0 aliphatic carbocycles. The van der Waals surface area contributed by atoms with E-state index in [0.29, 0.717) is 0 Å². The van der Waals surface area contributed by atoms with Gasteiger partial charge in [-0.1, -0.05) is 69.3 Å². The first-order chi connectivity index (χ1) is 15.5. The van der Waals surface area contributed by atoms with Crippen LogP contribution in [0.3, 0.4) is 0 Å². The fourth-order valence-corrected chi connectivity index (χ4v) is 4.46. The predicted octanol–water partition coefficient (Wildman–Crippen LogP) is 7.89.